The van der Waals surface area contributed by atoms with Crippen LogP contribution in [0.3, 0.4) is 0 Å². The van der Waals surface area contributed by atoms with Crippen molar-refractivity contribution in [2.75, 3.05) is 10.6 Å². The van der Waals surface area contributed by atoms with E-state index in [1.54, 1.807) is 0 Å². The molecule has 1 aromatic carbocycles. The molecule has 1 aromatic heterocycles. The van der Waals surface area contributed by atoms with Crippen LogP contribution in [-0.2, 0) is 4.79 Å². The van der Waals surface area contributed by atoms with E-state index >= 15 is 0 Å². The molecule has 0 fully saturated rings. The molecule has 0 bridgehead atoms. The zero-order valence-electron chi connectivity index (χ0n) is 10.9. The van der Waals surface area contributed by atoms with Gasteiger partial charge in [0.1, 0.15) is 16.7 Å². The second-order valence-electron chi connectivity index (χ2n) is 4.05. The van der Waals surface area contributed by atoms with Crippen molar-refractivity contribution in [2.24, 2.45) is 0 Å². The Morgan fingerprint density at radius 2 is 1.95 bits per heavy atom. The van der Waals surface area contributed by atoms with Gasteiger partial charge >= 0.3 is 0 Å². The van der Waals surface area contributed by atoms with E-state index in [9.17, 15) is 14.0 Å². The van der Waals surface area contributed by atoms with E-state index < -0.39 is 17.6 Å². The van der Waals surface area contributed by atoms with Crippen LogP contribution in [-0.4, -0.2) is 21.8 Å². The number of halogens is 2. The Bertz CT molecular complexity index is 691. The Morgan fingerprint density at radius 3 is 2.57 bits per heavy atom. The summed E-state index contributed by atoms with van der Waals surface area (Å²) in [4.78, 5) is 30.4. The quantitative estimate of drug-likeness (QED) is 0.912. The molecular formula is C13H10ClFN4O2. The van der Waals surface area contributed by atoms with Crippen LogP contribution in [0.5, 0.6) is 0 Å². The SMILES string of the molecule is CC(=O)Nc1cc(NC(=O)c2cnc(Cl)cn2)ccc1F. The predicted octanol–water partition coefficient (Wildman–Crippen LogP) is 2.48. The maximum absolute atomic E-state index is 13.5. The number of hydrogen-bond donors (Lipinski definition) is 2. The van der Waals surface area contributed by atoms with Gasteiger partial charge in [0.2, 0.25) is 5.91 Å². The first-order valence-electron chi connectivity index (χ1n) is 5.82. The van der Waals surface area contributed by atoms with Gasteiger partial charge in [-0.3, -0.25) is 9.59 Å². The lowest BCUT2D eigenvalue weighted by Crippen LogP contribution is -2.14. The van der Waals surface area contributed by atoms with Crippen molar-refractivity contribution in [3.8, 4) is 0 Å². The summed E-state index contributed by atoms with van der Waals surface area (Å²) in [5, 5.41) is 5.01. The van der Waals surface area contributed by atoms with Gasteiger partial charge in [-0.25, -0.2) is 14.4 Å². The second-order valence-corrected chi connectivity index (χ2v) is 4.44. The van der Waals surface area contributed by atoms with E-state index in [-0.39, 0.29) is 16.5 Å². The maximum Gasteiger partial charge on any atom is 0.275 e. The Labute approximate surface area is 124 Å². The zero-order valence-corrected chi connectivity index (χ0v) is 11.6. The van der Waals surface area contributed by atoms with Crippen LogP contribution in [0, 0.1) is 5.82 Å². The highest BCUT2D eigenvalue weighted by atomic mass is 35.5. The van der Waals surface area contributed by atoms with Crippen molar-refractivity contribution >= 4 is 34.8 Å². The summed E-state index contributed by atoms with van der Waals surface area (Å²) < 4.78 is 13.5. The van der Waals surface area contributed by atoms with Gasteiger partial charge in [0.15, 0.2) is 0 Å². The molecule has 2 amide bonds. The first kappa shape index (κ1) is 14.9. The molecule has 0 radical (unpaired) electrons. The molecule has 0 atom stereocenters. The third-order valence-corrected chi connectivity index (χ3v) is 2.58. The number of nitrogens with one attached hydrogen (secondary N) is 2. The molecular weight excluding hydrogens is 299 g/mol. The standard InChI is InChI=1S/C13H10ClFN4O2/c1-7(20)18-10-4-8(2-3-9(10)15)19-13(21)11-5-17-12(14)6-16-11/h2-6H,1H3,(H,18,20)(H,19,21). The van der Waals surface area contributed by atoms with Gasteiger partial charge in [-0.1, -0.05) is 11.6 Å². The topological polar surface area (TPSA) is 84.0 Å². The average Bonchev–Trinajstić information content (AvgIpc) is 2.42. The molecule has 0 spiro atoms. The fourth-order valence-electron chi connectivity index (χ4n) is 1.51. The lowest BCUT2D eigenvalue weighted by Gasteiger charge is -2.08. The second kappa shape index (κ2) is 6.27. The van der Waals surface area contributed by atoms with Crippen LogP contribution in [0.15, 0.2) is 30.6 Å². The van der Waals surface area contributed by atoms with Crippen molar-refractivity contribution in [1.29, 1.82) is 0 Å². The van der Waals surface area contributed by atoms with E-state index in [4.69, 9.17) is 11.6 Å². The van der Waals surface area contributed by atoms with Gasteiger partial charge in [0.05, 0.1) is 18.1 Å². The molecule has 0 saturated carbocycles. The van der Waals surface area contributed by atoms with E-state index in [1.165, 1.54) is 31.5 Å². The lowest BCUT2D eigenvalue weighted by molar-refractivity contribution is -0.114. The Hall–Kier alpha value is -2.54. The van der Waals surface area contributed by atoms with E-state index in [0.29, 0.717) is 5.69 Å². The summed E-state index contributed by atoms with van der Waals surface area (Å²) in [6.07, 6.45) is 2.46. The van der Waals surface area contributed by atoms with Crippen LogP contribution >= 0.6 is 11.6 Å². The summed E-state index contributed by atoms with van der Waals surface area (Å²) in [6.45, 7) is 1.26. The molecule has 0 aliphatic carbocycles. The van der Waals surface area contributed by atoms with E-state index in [0.717, 1.165) is 6.07 Å². The number of rotatable bonds is 3. The Kier molecular flexibility index (Phi) is 4.44. The molecule has 21 heavy (non-hydrogen) atoms. The van der Waals surface area contributed by atoms with Gasteiger partial charge in [-0.2, -0.15) is 0 Å². The molecule has 2 N–H and O–H groups in total. The number of amides is 2. The molecule has 0 aliphatic heterocycles. The van der Waals surface area contributed by atoms with Crippen molar-refractivity contribution in [2.45, 2.75) is 6.92 Å². The van der Waals surface area contributed by atoms with E-state index in [2.05, 4.69) is 20.6 Å². The fraction of sp³-hybridized carbons (Fsp3) is 0.0769. The normalized spacial score (nSPS) is 10.0. The van der Waals surface area contributed by atoms with Gasteiger partial charge in [0.25, 0.3) is 5.91 Å². The van der Waals surface area contributed by atoms with Gasteiger partial charge in [-0.05, 0) is 18.2 Å². The molecule has 0 aliphatic rings. The van der Waals surface area contributed by atoms with E-state index in [1.807, 2.05) is 0 Å². The van der Waals surface area contributed by atoms with Crippen molar-refractivity contribution in [3.05, 3.63) is 47.3 Å². The first-order valence-corrected chi connectivity index (χ1v) is 6.19. The van der Waals surface area contributed by atoms with Crippen molar-refractivity contribution < 1.29 is 14.0 Å². The third-order valence-electron chi connectivity index (χ3n) is 2.39. The minimum atomic E-state index is -0.602. The van der Waals surface area contributed by atoms with Gasteiger partial charge < -0.3 is 10.6 Å². The molecule has 8 heteroatoms. The highest BCUT2D eigenvalue weighted by molar-refractivity contribution is 6.29. The largest absolute Gasteiger partial charge is 0.324 e. The molecule has 6 nitrogen and oxygen atoms in total. The molecule has 1 heterocycles. The monoisotopic (exact) mass is 308 g/mol. The number of carbonyl (C=O) groups is 2. The molecule has 2 rings (SSSR count). The van der Waals surface area contributed by atoms with Crippen molar-refractivity contribution in [3.63, 3.8) is 0 Å². The summed E-state index contributed by atoms with van der Waals surface area (Å²) >= 11 is 5.58. The molecule has 0 saturated heterocycles. The summed E-state index contributed by atoms with van der Waals surface area (Å²) in [7, 11) is 0. The lowest BCUT2D eigenvalue weighted by atomic mass is 10.2. The Balaban J connectivity index is 2.17. The number of nitrogens with zero attached hydrogens (tertiary/aromatic N) is 2. The summed E-state index contributed by atoms with van der Waals surface area (Å²) in [5.41, 5.74) is 0.342. The minimum Gasteiger partial charge on any atom is -0.324 e. The number of hydrogen-bond acceptors (Lipinski definition) is 4. The number of carbonyl (C=O) groups excluding carboxylic acids is 2. The summed E-state index contributed by atoms with van der Waals surface area (Å²) in [6, 6.07) is 3.80. The minimum absolute atomic E-state index is 0.0255. The third kappa shape index (κ3) is 3.96. The van der Waals surface area contributed by atoms with Crippen LogP contribution < -0.4 is 10.6 Å². The smallest absolute Gasteiger partial charge is 0.275 e. The number of benzene rings is 1. The fourth-order valence-corrected chi connectivity index (χ4v) is 1.61. The predicted molar refractivity (Wildman–Crippen MR) is 75.7 cm³/mol. The first-order chi connectivity index (χ1) is 9.95. The number of aromatic nitrogens is 2. The molecule has 2 aromatic rings. The highest BCUT2D eigenvalue weighted by Crippen LogP contribution is 2.20. The summed E-state index contributed by atoms with van der Waals surface area (Å²) in [5.74, 6) is -1.55. The number of anilines is 2. The molecule has 0 unspecified atom stereocenters. The van der Waals surface area contributed by atoms with Gasteiger partial charge in [0, 0.05) is 12.6 Å². The van der Waals surface area contributed by atoms with Crippen LogP contribution in [0.1, 0.15) is 17.4 Å². The van der Waals surface area contributed by atoms with Crippen LogP contribution in [0.2, 0.25) is 5.15 Å². The maximum atomic E-state index is 13.5. The van der Waals surface area contributed by atoms with Gasteiger partial charge in [-0.15, -0.1) is 0 Å². The molecule has 108 valence electrons. The average molecular weight is 309 g/mol. The van der Waals surface area contributed by atoms with Crippen LogP contribution in [0.4, 0.5) is 15.8 Å². The van der Waals surface area contributed by atoms with Crippen molar-refractivity contribution in [1.82, 2.24) is 9.97 Å². The zero-order chi connectivity index (χ0) is 15.4. The Morgan fingerprint density at radius 1 is 1.19 bits per heavy atom. The highest BCUT2D eigenvalue weighted by Gasteiger charge is 2.10. The van der Waals surface area contributed by atoms with Crippen LogP contribution in [0.25, 0.3) is 0 Å².